The Morgan fingerprint density at radius 3 is 2.31 bits per heavy atom. The van der Waals surface area contributed by atoms with Gasteiger partial charge in [0.25, 0.3) is 0 Å². The summed E-state index contributed by atoms with van der Waals surface area (Å²) in [4.78, 5) is 11.2. The maximum absolute atomic E-state index is 11.2. The van der Waals surface area contributed by atoms with Crippen LogP contribution in [0.5, 0.6) is 0 Å². The SMILES string of the molecule is NC1(c2cccc(C3(C(=O)O)CC3)c2)CC1. The standard InChI is InChI=1S/C13H15NO2/c14-13(6-7-13)10-3-1-2-9(8-10)12(4-5-12)11(15)16/h1-3,8H,4-7,14H2,(H,15,16). The highest BCUT2D eigenvalue weighted by molar-refractivity contribution is 5.85. The summed E-state index contributed by atoms with van der Waals surface area (Å²) in [5.74, 6) is -0.702. The third-order valence-electron chi connectivity index (χ3n) is 3.94. The van der Waals surface area contributed by atoms with Crippen LogP contribution in [0.1, 0.15) is 36.8 Å². The van der Waals surface area contributed by atoms with E-state index in [0.717, 1.165) is 36.8 Å². The molecule has 0 saturated heterocycles. The summed E-state index contributed by atoms with van der Waals surface area (Å²) < 4.78 is 0. The van der Waals surface area contributed by atoms with E-state index in [9.17, 15) is 9.90 Å². The van der Waals surface area contributed by atoms with Crippen molar-refractivity contribution in [2.45, 2.75) is 36.6 Å². The molecule has 84 valence electrons. The number of rotatable bonds is 3. The van der Waals surface area contributed by atoms with Crippen LogP contribution >= 0.6 is 0 Å². The van der Waals surface area contributed by atoms with Gasteiger partial charge in [0, 0.05) is 5.54 Å². The minimum Gasteiger partial charge on any atom is -0.481 e. The first kappa shape index (κ1) is 9.85. The van der Waals surface area contributed by atoms with Crippen LogP contribution < -0.4 is 5.73 Å². The molecule has 2 saturated carbocycles. The molecular formula is C13H15NO2. The van der Waals surface area contributed by atoms with E-state index in [-0.39, 0.29) is 5.54 Å². The predicted octanol–water partition coefficient (Wildman–Crippen LogP) is 1.75. The van der Waals surface area contributed by atoms with Gasteiger partial charge in [0.2, 0.25) is 0 Å². The Labute approximate surface area is 94.3 Å². The highest BCUT2D eigenvalue weighted by atomic mass is 16.4. The third kappa shape index (κ3) is 1.28. The van der Waals surface area contributed by atoms with Gasteiger partial charge in [0.05, 0.1) is 5.41 Å². The van der Waals surface area contributed by atoms with Crippen molar-refractivity contribution in [3.05, 3.63) is 35.4 Å². The molecule has 0 amide bonds. The van der Waals surface area contributed by atoms with Crippen molar-refractivity contribution in [1.82, 2.24) is 0 Å². The largest absolute Gasteiger partial charge is 0.481 e. The van der Waals surface area contributed by atoms with Gasteiger partial charge in [0.1, 0.15) is 0 Å². The number of nitrogens with two attached hydrogens (primary N) is 1. The zero-order valence-corrected chi connectivity index (χ0v) is 9.07. The summed E-state index contributed by atoms with van der Waals surface area (Å²) in [5, 5.41) is 9.24. The molecule has 3 rings (SSSR count). The Kier molecular flexibility index (Phi) is 1.76. The van der Waals surface area contributed by atoms with Gasteiger partial charge in [-0.2, -0.15) is 0 Å². The molecule has 0 unspecified atom stereocenters. The van der Waals surface area contributed by atoms with E-state index in [4.69, 9.17) is 5.73 Å². The number of carboxylic acids is 1. The molecule has 2 aliphatic carbocycles. The van der Waals surface area contributed by atoms with Crippen molar-refractivity contribution in [2.24, 2.45) is 5.73 Å². The molecule has 0 aliphatic heterocycles. The van der Waals surface area contributed by atoms with E-state index >= 15 is 0 Å². The van der Waals surface area contributed by atoms with Crippen LogP contribution in [-0.2, 0) is 15.7 Å². The fourth-order valence-electron chi connectivity index (χ4n) is 2.30. The first-order valence-electron chi connectivity index (χ1n) is 5.70. The molecule has 2 aliphatic rings. The van der Waals surface area contributed by atoms with Gasteiger partial charge >= 0.3 is 5.97 Å². The number of carbonyl (C=O) groups is 1. The van der Waals surface area contributed by atoms with E-state index in [1.165, 1.54) is 0 Å². The Hall–Kier alpha value is -1.35. The molecule has 3 nitrogen and oxygen atoms in total. The highest BCUT2D eigenvalue weighted by Crippen LogP contribution is 2.50. The molecule has 1 aromatic rings. The Morgan fingerprint density at radius 1 is 1.19 bits per heavy atom. The molecule has 3 N–H and O–H groups in total. The third-order valence-corrected chi connectivity index (χ3v) is 3.94. The second-order valence-corrected chi connectivity index (χ2v) is 5.12. The van der Waals surface area contributed by atoms with Crippen molar-refractivity contribution in [1.29, 1.82) is 0 Å². The number of benzene rings is 1. The average Bonchev–Trinajstić information content (AvgIpc) is 3.13. The monoisotopic (exact) mass is 217 g/mol. The van der Waals surface area contributed by atoms with E-state index < -0.39 is 11.4 Å². The normalized spacial score (nSPS) is 23.8. The smallest absolute Gasteiger partial charge is 0.314 e. The van der Waals surface area contributed by atoms with Gasteiger partial charge in [-0.25, -0.2) is 0 Å². The lowest BCUT2D eigenvalue weighted by Crippen LogP contribution is -2.22. The minimum absolute atomic E-state index is 0.176. The summed E-state index contributed by atoms with van der Waals surface area (Å²) in [7, 11) is 0. The van der Waals surface area contributed by atoms with Crippen molar-refractivity contribution >= 4 is 5.97 Å². The van der Waals surface area contributed by atoms with Crippen LogP contribution in [0, 0.1) is 0 Å². The molecule has 1 aromatic carbocycles. The summed E-state index contributed by atoms with van der Waals surface area (Å²) in [6.45, 7) is 0. The molecule has 0 radical (unpaired) electrons. The Balaban J connectivity index is 2.00. The van der Waals surface area contributed by atoms with Crippen LogP contribution in [-0.4, -0.2) is 11.1 Å². The lowest BCUT2D eigenvalue weighted by Gasteiger charge is -2.14. The molecule has 0 bridgehead atoms. The summed E-state index contributed by atoms with van der Waals surface area (Å²) in [6.07, 6.45) is 3.53. The summed E-state index contributed by atoms with van der Waals surface area (Å²) in [5.41, 5.74) is 7.36. The zero-order valence-electron chi connectivity index (χ0n) is 9.07. The van der Waals surface area contributed by atoms with Crippen LogP contribution in [0.25, 0.3) is 0 Å². The topological polar surface area (TPSA) is 63.3 Å². The Morgan fingerprint density at radius 2 is 1.81 bits per heavy atom. The summed E-state index contributed by atoms with van der Waals surface area (Å²) in [6, 6.07) is 7.85. The van der Waals surface area contributed by atoms with Gasteiger partial charge in [-0.3, -0.25) is 4.79 Å². The first-order valence-corrected chi connectivity index (χ1v) is 5.70. The molecule has 0 aromatic heterocycles. The minimum atomic E-state index is -0.702. The molecule has 0 atom stereocenters. The number of aliphatic carboxylic acids is 1. The highest BCUT2D eigenvalue weighted by Gasteiger charge is 2.52. The predicted molar refractivity (Wildman–Crippen MR) is 60.1 cm³/mol. The average molecular weight is 217 g/mol. The van der Waals surface area contributed by atoms with Gasteiger partial charge in [0.15, 0.2) is 0 Å². The number of hydrogen-bond donors (Lipinski definition) is 2. The second kappa shape index (κ2) is 2.86. The van der Waals surface area contributed by atoms with E-state index in [2.05, 4.69) is 0 Å². The van der Waals surface area contributed by atoms with Crippen LogP contribution in [0.3, 0.4) is 0 Å². The van der Waals surface area contributed by atoms with Crippen LogP contribution in [0.2, 0.25) is 0 Å². The summed E-state index contributed by atoms with van der Waals surface area (Å²) >= 11 is 0. The fourth-order valence-corrected chi connectivity index (χ4v) is 2.30. The number of hydrogen-bond acceptors (Lipinski definition) is 2. The van der Waals surface area contributed by atoms with Crippen molar-refractivity contribution in [3.63, 3.8) is 0 Å². The lowest BCUT2D eigenvalue weighted by molar-refractivity contribution is -0.140. The van der Waals surface area contributed by atoms with Gasteiger partial charge in [-0.15, -0.1) is 0 Å². The van der Waals surface area contributed by atoms with E-state index in [1.807, 2.05) is 24.3 Å². The van der Waals surface area contributed by atoms with E-state index in [0.29, 0.717) is 0 Å². The second-order valence-electron chi connectivity index (χ2n) is 5.12. The van der Waals surface area contributed by atoms with Crippen molar-refractivity contribution < 1.29 is 9.90 Å². The maximum Gasteiger partial charge on any atom is 0.314 e. The van der Waals surface area contributed by atoms with Crippen molar-refractivity contribution in [2.75, 3.05) is 0 Å². The Bertz CT molecular complexity index is 459. The molecule has 2 fully saturated rings. The fraction of sp³-hybridized carbons (Fsp3) is 0.462. The number of carboxylic acid groups (broad SMARTS) is 1. The van der Waals surface area contributed by atoms with Gasteiger partial charge < -0.3 is 10.8 Å². The van der Waals surface area contributed by atoms with Gasteiger partial charge in [-0.05, 0) is 36.8 Å². The first-order chi connectivity index (χ1) is 7.57. The quantitative estimate of drug-likeness (QED) is 0.810. The van der Waals surface area contributed by atoms with Crippen LogP contribution in [0.15, 0.2) is 24.3 Å². The lowest BCUT2D eigenvalue weighted by atomic mass is 9.92. The van der Waals surface area contributed by atoms with Gasteiger partial charge in [-0.1, -0.05) is 24.3 Å². The molecule has 0 spiro atoms. The molecule has 3 heteroatoms. The molecule has 0 heterocycles. The van der Waals surface area contributed by atoms with E-state index in [1.54, 1.807) is 0 Å². The maximum atomic E-state index is 11.2. The molecular weight excluding hydrogens is 202 g/mol. The molecule has 16 heavy (non-hydrogen) atoms. The zero-order chi connectivity index (χ0) is 11.4. The van der Waals surface area contributed by atoms with Crippen molar-refractivity contribution in [3.8, 4) is 0 Å². The van der Waals surface area contributed by atoms with Crippen LogP contribution in [0.4, 0.5) is 0 Å².